The molecule has 0 saturated carbocycles. The molecule has 21 heavy (non-hydrogen) atoms. The highest BCUT2D eigenvalue weighted by Crippen LogP contribution is 2.08. The summed E-state index contributed by atoms with van der Waals surface area (Å²) in [4.78, 5) is 23.8. The zero-order valence-electron chi connectivity index (χ0n) is 11.5. The first-order chi connectivity index (χ1) is 10.1. The largest absolute Gasteiger partial charge is 0.340 e. The summed E-state index contributed by atoms with van der Waals surface area (Å²) >= 11 is 0. The second kappa shape index (κ2) is 6.65. The molecule has 0 heterocycles. The number of carbonyl (C=O) groups excluding carboxylic acids is 2. The van der Waals surface area contributed by atoms with Crippen molar-refractivity contribution >= 4 is 17.5 Å². The Bertz CT molecular complexity index is 644. The number of para-hydroxylation sites is 1. The van der Waals surface area contributed by atoms with E-state index in [0.717, 1.165) is 0 Å². The van der Waals surface area contributed by atoms with Gasteiger partial charge < -0.3 is 10.6 Å². The number of hydrogen-bond donors (Lipinski definition) is 2. The minimum atomic E-state index is -0.780. The van der Waals surface area contributed by atoms with Gasteiger partial charge in [-0.15, -0.1) is 0 Å². The number of halogens is 1. The van der Waals surface area contributed by atoms with Crippen LogP contribution >= 0.6 is 0 Å². The van der Waals surface area contributed by atoms with Crippen LogP contribution in [-0.4, -0.2) is 17.9 Å². The van der Waals surface area contributed by atoms with Gasteiger partial charge in [0.1, 0.15) is 11.9 Å². The van der Waals surface area contributed by atoms with Crippen molar-refractivity contribution in [1.29, 1.82) is 0 Å². The normalized spacial score (nSPS) is 11.5. The zero-order valence-corrected chi connectivity index (χ0v) is 11.5. The van der Waals surface area contributed by atoms with Gasteiger partial charge in [-0.05, 0) is 31.2 Å². The SMILES string of the molecule is C[C@H](NC(=O)c1ccccc1F)C(=O)Nc1ccccc1. The van der Waals surface area contributed by atoms with E-state index in [4.69, 9.17) is 0 Å². The maximum absolute atomic E-state index is 13.5. The topological polar surface area (TPSA) is 58.2 Å². The summed E-state index contributed by atoms with van der Waals surface area (Å²) in [6.45, 7) is 1.54. The first kappa shape index (κ1) is 14.7. The van der Waals surface area contributed by atoms with Crippen LogP contribution in [0.4, 0.5) is 10.1 Å². The highest BCUT2D eigenvalue weighted by atomic mass is 19.1. The molecule has 0 fully saturated rings. The number of hydrogen-bond acceptors (Lipinski definition) is 2. The fourth-order valence-corrected chi connectivity index (χ4v) is 1.76. The molecule has 2 aromatic rings. The summed E-state index contributed by atoms with van der Waals surface area (Å²) in [7, 11) is 0. The van der Waals surface area contributed by atoms with E-state index in [2.05, 4.69) is 10.6 Å². The molecule has 0 bridgehead atoms. The van der Waals surface area contributed by atoms with Crippen LogP contribution in [0.2, 0.25) is 0 Å². The number of nitrogens with one attached hydrogen (secondary N) is 2. The summed E-state index contributed by atoms with van der Waals surface area (Å²) in [5, 5.41) is 5.13. The lowest BCUT2D eigenvalue weighted by Gasteiger charge is -2.14. The van der Waals surface area contributed by atoms with Crippen LogP contribution in [0.3, 0.4) is 0 Å². The number of rotatable bonds is 4. The van der Waals surface area contributed by atoms with Crippen LogP contribution in [0.25, 0.3) is 0 Å². The molecule has 0 spiro atoms. The number of amides is 2. The monoisotopic (exact) mass is 286 g/mol. The van der Waals surface area contributed by atoms with Crippen LogP contribution in [0.1, 0.15) is 17.3 Å². The smallest absolute Gasteiger partial charge is 0.254 e. The Labute approximate surface area is 122 Å². The van der Waals surface area contributed by atoms with Gasteiger partial charge in [0, 0.05) is 5.69 Å². The van der Waals surface area contributed by atoms with Crippen LogP contribution in [0.5, 0.6) is 0 Å². The van der Waals surface area contributed by atoms with Crippen molar-refractivity contribution in [2.24, 2.45) is 0 Å². The molecular weight excluding hydrogens is 271 g/mol. The van der Waals surface area contributed by atoms with E-state index in [-0.39, 0.29) is 11.5 Å². The molecule has 2 N–H and O–H groups in total. The first-order valence-corrected chi connectivity index (χ1v) is 6.49. The summed E-state index contributed by atoms with van der Waals surface area (Å²) in [5.74, 6) is -1.61. The van der Waals surface area contributed by atoms with Gasteiger partial charge in [0.2, 0.25) is 5.91 Å². The molecule has 0 radical (unpaired) electrons. The molecule has 1 atom stereocenters. The summed E-state index contributed by atoms with van der Waals surface area (Å²) < 4.78 is 13.5. The summed E-state index contributed by atoms with van der Waals surface area (Å²) in [6, 6.07) is 13.7. The van der Waals surface area contributed by atoms with Crippen molar-refractivity contribution in [2.45, 2.75) is 13.0 Å². The molecule has 0 aliphatic heterocycles. The van der Waals surface area contributed by atoms with Crippen molar-refractivity contribution in [2.75, 3.05) is 5.32 Å². The Kier molecular flexibility index (Phi) is 4.66. The van der Waals surface area contributed by atoms with Crippen LogP contribution in [-0.2, 0) is 4.79 Å². The average Bonchev–Trinajstić information content (AvgIpc) is 2.48. The third kappa shape index (κ3) is 3.89. The van der Waals surface area contributed by atoms with Gasteiger partial charge in [0.25, 0.3) is 5.91 Å². The lowest BCUT2D eigenvalue weighted by Crippen LogP contribution is -2.41. The highest BCUT2D eigenvalue weighted by molar-refractivity contribution is 6.01. The minimum Gasteiger partial charge on any atom is -0.340 e. The maximum atomic E-state index is 13.5. The fraction of sp³-hybridized carbons (Fsp3) is 0.125. The van der Waals surface area contributed by atoms with Crippen LogP contribution in [0.15, 0.2) is 54.6 Å². The summed E-state index contributed by atoms with van der Waals surface area (Å²) in [5.41, 5.74) is 0.548. The Balaban J connectivity index is 1.98. The van der Waals surface area contributed by atoms with E-state index in [1.54, 1.807) is 30.3 Å². The first-order valence-electron chi connectivity index (χ1n) is 6.49. The molecule has 0 aliphatic rings. The van der Waals surface area contributed by atoms with Gasteiger partial charge in [-0.2, -0.15) is 0 Å². The molecule has 0 aliphatic carbocycles. The van der Waals surface area contributed by atoms with Crippen molar-refractivity contribution in [3.8, 4) is 0 Å². The van der Waals surface area contributed by atoms with Gasteiger partial charge in [0.05, 0.1) is 5.56 Å². The lowest BCUT2D eigenvalue weighted by molar-refractivity contribution is -0.117. The molecule has 5 heteroatoms. The number of anilines is 1. The third-order valence-electron chi connectivity index (χ3n) is 2.90. The Morgan fingerprint density at radius 3 is 2.29 bits per heavy atom. The Morgan fingerprint density at radius 1 is 1.00 bits per heavy atom. The average molecular weight is 286 g/mol. The van der Waals surface area contributed by atoms with E-state index in [0.29, 0.717) is 5.69 Å². The van der Waals surface area contributed by atoms with Crippen molar-refractivity contribution in [3.63, 3.8) is 0 Å². The van der Waals surface area contributed by atoms with Crippen LogP contribution in [0, 0.1) is 5.82 Å². The predicted molar refractivity (Wildman–Crippen MR) is 78.4 cm³/mol. The zero-order chi connectivity index (χ0) is 15.2. The van der Waals surface area contributed by atoms with E-state index < -0.39 is 17.8 Å². The molecule has 2 rings (SSSR count). The molecule has 108 valence electrons. The Morgan fingerprint density at radius 2 is 1.62 bits per heavy atom. The quantitative estimate of drug-likeness (QED) is 0.907. The highest BCUT2D eigenvalue weighted by Gasteiger charge is 2.18. The van der Waals surface area contributed by atoms with Crippen molar-refractivity contribution in [1.82, 2.24) is 5.32 Å². The maximum Gasteiger partial charge on any atom is 0.254 e. The van der Waals surface area contributed by atoms with Crippen molar-refractivity contribution < 1.29 is 14.0 Å². The second-order valence-corrected chi connectivity index (χ2v) is 4.53. The van der Waals surface area contributed by atoms with E-state index in [1.807, 2.05) is 6.07 Å². The minimum absolute atomic E-state index is 0.0862. The number of carbonyl (C=O) groups is 2. The van der Waals surface area contributed by atoms with Gasteiger partial charge in [-0.25, -0.2) is 4.39 Å². The number of benzene rings is 2. The molecular formula is C16H15FN2O2. The van der Waals surface area contributed by atoms with Gasteiger partial charge in [-0.3, -0.25) is 9.59 Å². The second-order valence-electron chi connectivity index (χ2n) is 4.53. The van der Waals surface area contributed by atoms with Gasteiger partial charge in [-0.1, -0.05) is 30.3 Å². The third-order valence-corrected chi connectivity index (χ3v) is 2.90. The van der Waals surface area contributed by atoms with Gasteiger partial charge in [0.15, 0.2) is 0 Å². The lowest BCUT2D eigenvalue weighted by atomic mass is 10.2. The molecule has 0 unspecified atom stereocenters. The fourth-order valence-electron chi connectivity index (χ4n) is 1.76. The molecule has 0 aromatic heterocycles. The predicted octanol–water partition coefficient (Wildman–Crippen LogP) is 2.58. The van der Waals surface area contributed by atoms with Crippen LogP contribution < -0.4 is 10.6 Å². The van der Waals surface area contributed by atoms with Crippen molar-refractivity contribution in [3.05, 3.63) is 66.0 Å². The summed E-state index contributed by atoms with van der Waals surface area (Å²) in [6.07, 6.45) is 0. The van der Waals surface area contributed by atoms with Gasteiger partial charge >= 0.3 is 0 Å². The molecule has 2 aromatic carbocycles. The molecule has 2 amide bonds. The van der Waals surface area contributed by atoms with E-state index in [1.165, 1.54) is 25.1 Å². The van der Waals surface area contributed by atoms with E-state index >= 15 is 0 Å². The molecule has 0 saturated heterocycles. The van der Waals surface area contributed by atoms with E-state index in [9.17, 15) is 14.0 Å². The Hall–Kier alpha value is -2.69. The molecule has 4 nitrogen and oxygen atoms in total. The standard InChI is InChI=1S/C16H15FN2O2/c1-11(15(20)19-12-7-3-2-4-8-12)18-16(21)13-9-5-6-10-14(13)17/h2-11H,1H3,(H,18,21)(H,19,20)/t11-/m0/s1.